The summed E-state index contributed by atoms with van der Waals surface area (Å²) in [4.78, 5) is 21.8. The molecule has 1 aromatic rings. The number of nitro groups is 2. The molecule has 0 aromatic heterocycles. The van der Waals surface area contributed by atoms with Crippen molar-refractivity contribution in [3.63, 3.8) is 0 Å². The Hall–Kier alpha value is -2.02. The molecule has 21 heavy (non-hydrogen) atoms. The van der Waals surface area contributed by atoms with Gasteiger partial charge in [0.05, 0.1) is 0 Å². The minimum Gasteiger partial charge on any atom is -0.386 e. The number of hydrogen-bond donors (Lipinski definition) is 1. The van der Waals surface area contributed by atoms with Crippen molar-refractivity contribution >= 4 is 0 Å². The molecule has 7 heteroatoms. The van der Waals surface area contributed by atoms with Crippen LogP contribution in [0.3, 0.4) is 0 Å². The molecule has 0 saturated heterocycles. The number of benzene rings is 1. The summed E-state index contributed by atoms with van der Waals surface area (Å²) in [5, 5.41) is 32.9. The molecule has 0 spiro atoms. The Kier molecular flexibility index (Phi) is 4.52. The average molecular weight is 294 g/mol. The van der Waals surface area contributed by atoms with Crippen molar-refractivity contribution in [3.05, 3.63) is 56.1 Å². The Bertz CT molecular complexity index is 521. The zero-order valence-electron chi connectivity index (χ0n) is 11.7. The van der Waals surface area contributed by atoms with Crippen LogP contribution in [0.5, 0.6) is 0 Å². The summed E-state index contributed by atoms with van der Waals surface area (Å²) >= 11 is 0. The molecule has 0 unspecified atom stereocenters. The van der Waals surface area contributed by atoms with Crippen molar-refractivity contribution in [2.75, 3.05) is 0 Å². The highest BCUT2D eigenvalue weighted by Gasteiger charge is 2.56. The molecule has 7 nitrogen and oxygen atoms in total. The standard InChI is InChI=1S/C14H18N2O5/c1-2-9-8-11(17)14(16(20)21)12(13(9)15(18)19)10-6-4-3-5-7-10/h3-7,9,11-14,17H,2,8H2,1H3/t9-,11-,12+,13-,14-/m0/s1. The minimum atomic E-state index is -1.34. The quantitative estimate of drug-likeness (QED) is 0.673. The average Bonchev–Trinajstić information content (AvgIpc) is 2.46. The fraction of sp³-hybridized carbons (Fsp3) is 0.571. The van der Waals surface area contributed by atoms with Crippen LogP contribution in [-0.4, -0.2) is 33.1 Å². The molecule has 0 aliphatic heterocycles. The lowest BCUT2D eigenvalue weighted by atomic mass is 9.69. The molecule has 1 aromatic carbocycles. The second-order valence-electron chi connectivity index (χ2n) is 5.46. The van der Waals surface area contributed by atoms with Crippen LogP contribution in [0, 0.1) is 26.1 Å². The largest absolute Gasteiger partial charge is 0.386 e. The maximum atomic E-state index is 11.5. The van der Waals surface area contributed by atoms with Gasteiger partial charge in [-0.2, -0.15) is 0 Å². The van der Waals surface area contributed by atoms with Gasteiger partial charge in [0.15, 0.2) is 0 Å². The Morgan fingerprint density at radius 1 is 1.14 bits per heavy atom. The molecule has 0 radical (unpaired) electrons. The van der Waals surface area contributed by atoms with Gasteiger partial charge >= 0.3 is 0 Å². The van der Waals surface area contributed by atoms with Gasteiger partial charge in [0.25, 0.3) is 6.04 Å². The summed E-state index contributed by atoms with van der Waals surface area (Å²) < 4.78 is 0. The molecule has 5 atom stereocenters. The topological polar surface area (TPSA) is 107 Å². The van der Waals surface area contributed by atoms with Gasteiger partial charge in [-0.3, -0.25) is 20.2 Å². The van der Waals surface area contributed by atoms with E-state index in [0.29, 0.717) is 12.0 Å². The van der Waals surface area contributed by atoms with Gasteiger partial charge in [0, 0.05) is 15.8 Å². The Morgan fingerprint density at radius 3 is 2.19 bits per heavy atom. The van der Waals surface area contributed by atoms with E-state index in [9.17, 15) is 25.3 Å². The highest BCUT2D eigenvalue weighted by Crippen LogP contribution is 2.41. The first-order valence-corrected chi connectivity index (χ1v) is 6.97. The summed E-state index contributed by atoms with van der Waals surface area (Å²) in [5.74, 6) is -1.28. The first kappa shape index (κ1) is 15.4. The molecule has 0 bridgehead atoms. The molecule has 1 aliphatic carbocycles. The van der Waals surface area contributed by atoms with Crippen LogP contribution in [0.2, 0.25) is 0 Å². The lowest BCUT2D eigenvalue weighted by Gasteiger charge is -2.36. The highest BCUT2D eigenvalue weighted by molar-refractivity contribution is 5.24. The van der Waals surface area contributed by atoms with E-state index in [0.717, 1.165) is 0 Å². The third kappa shape index (κ3) is 2.87. The number of aliphatic hydroxyl groups excluding tert-OH is 1. The lowest BCUT2D eigenvalue weighted by Crippen LogP contribution is -2.54. The van der Waals surface area contributed by atoms with Crippen LogP contribution >= 0.6 is 0 Å². The van der Waals surface area contributed by atoms with E-state index in [1.54, 1.807) is 30.3 Å². The molecule has 2 rings (SSSR count). The van der Waals surface area contributed by atoms with Crippen molar-refractivity contribution in [3.8, 4) is 0 Å². The lowest BCUT2D eigenvalue weighted by molar-refractivity contribution is -0.588. The Labute approximate surface area is 121 Å². The van der Waals surface area contributed by atoms with Gasteiger partial charge in [-0.25, -0.2) is 0 Å². The van der Waals surface area contributed by atoms with E-state index in [2.05, 4.69) is 0 Å². The molecule has 1 aliphatic rings. The zero-order valence-corrected chi connectivity index (χ0v) is 11.7. The summed E-state index contributed by atoms with van der Waals surface area (Å²) in [6.45, 7) is 1.81. The molecule has 1 N–H and O–H groups in total. The van der Waals surface area contributed by atoms with E-state index in [1.165, 1.54) is 0 Å². The van der Waals surface area contributed by atoms with E-state index < -0.39 is 34.0 Å². The van der Waals surface area contributed by atoms with Gasteiger partial charge in [0.2, 0.25) is 6.04 Å². The van der Waals surface area contributed by atoms with Gasteiger partial charge < -0.3 is 5.11 Å². The second-order valence-corrected chi connectivity index (χ2v) is 5.46. The summed E-state index contributed by atoms with van der Waals surface area (Å²) in [7, 11) is 0. The first-order chi connectivity index (χ1) is 9.97. The molecule has 0 heterocycles. The number of nitrogens with zero attached hydrogens (tertiary/aromatic N) is 2. The number of rotatable bonds is 4. The first-order valence-electron chi connectivity index (χ1n) is 6.97. The fourth-order valence-corrected chi connectivity index (χ4v) is 3.38. The molecule has 0 amide bonds. The summed E-state index contributed by atoms with van der Waals surface area (Å²) in [5.41, 5.74) is 0.540. The van der Waals surface area contributed by atoms with Gasteiger partial charge in [-0.1, -0.05) is 37.3 Å². The minimum absolute atomic E-state index is 0.0944. The second kappa shape index (κ2) is 6.17. The Morgan fingerprint density at radius 2 is 1.71 bits per heavy atom. The monoisotopic (exact) mass is 294 g/mol. The molecular formula is C14H18N2O5. The van der Waals surface area contributed by atoms with Crippen LogP contribution in [-0.2, 0) is 0 Å². The van der Waals surface area contributed by atoms with E-state index in [-0.39, 0.29) is 12.3 Å². The van der Waals surface area contributed by atoms with Crippen molar-refractivity contribution in [1.82, 2.24) is 0 Å². The zero-order chi connectivity index (χ0) is 15.6. The Balaban J connectivity index is 2.52. The maximum Gasteiger partial charge on any atom is 0.251 e. The maximum absolute atomic E-state index is 11.5. The van der Waals surface area contributed by atoms with Gasteiger partial charge in [0.1, 0.15) is 12.0 Å². The number of aliphatic hydroxyl groups is 1. The van der Waals surface area contributed by atoms with E-state index >= 15 is 0 Å². The van der Waals surface area contributed by atoms with Crippen LogP contribution in [0.15, 0.2) is 30.3 Å². The summed E-state index contributed by atoms with van der Waals surface area (Å²) in [6, 6.07) is 6.07. The van der Waals surface area contributed by atoms with Crippen molar-refractivity contribution in [1.29, 1.82) is 0 Å². The third-order valence-corrected chi connectivity index (χ3v) is 4.35. The van der Waals surface area contributed by atoms with E-state index in [1.807, 2.05) is 6.92 Å². The normalized spacial score (nSPS) is 32.6. The number of hydrogen-bond acceptors (Lipinski definition) is 5. The third-order valence-electron chi connectivity index (χ3n) is 4.35. The summed E-state index contributed by atoms with van der Waals surface area (Å²) in [6.07, 6.45) is -0.556. The molecule has 1 saturated carbocycles. The predicted octanol–water partition coefficient (Wildman–Crippen LogP) is 1.85. The predicted molar refractivity (Wildman–Crippen MR) is 75.2 cm³/mol. The fourth-order valence-electron chi connectivity index (χ4n) is 3.38. The molecule has 1 fully saturated rings. The van der Waals surface area contributed by atoms with Crippen LogP contribution in [0.25, 0.3) is 0 Å². The van der Waals surface area contributed by atoms with Crippen LogP contribution in [0.1, 0.15) is 31.2 Å². The van der Waals surface area contributed by atoms with Crippen LogP contribution < -0.4 is 0 Å². The van der Waals surface area contributed by atoms with Gasteiger partial charge in [-0.15, -0.1) is 0 Å². The van der Waals surface area contributed by atoms with E-state index in [4.69, 9.17) is 0 Å². The van der Waals surface area contributed by atoms with Crippen LogP contribution in [0.4, 0.5) is 0 Å². The van der Waals surface area contributed by atoms with Gasteiger partial charge in [-0.05, 0) is 18.4 Å². The van der Waals surface area contributed by atoms with Crippen molar-refractivity contribution < 1.29 is 15.0 Å². The highest BCUT2D eigenvalue weighted by atomic mass is 16.6. The van der Waals surface area contributed by atoms with Crippen molar-refractivity contribution in [2.24, 2.45) is 5.92 Å². The SMILES string of the molecule is CC[C@H]1C[C@H](O)[C@H]([N+](=O)[O-])[C@H](c2ccccc2)[C@H]1[N+](=O)[O-]. The molecule has 114 valence electrons. The van der Waals surface area contributed by atoms with Crippen molar-refractivity contribution in [2.45, 2.75) is 43.9 Å². The molecular weight excluding hydrogens is 276 g/mol. The smallest absolute Gasteiger partial charge is 0.251 e.